The van der Waals surface area contributed by atoms with Crippen molar-refractivity contribution in [3.63, 3.8) is 0 Å². The van der Waals surface area contributed by atoms with E-state index >= 15 is 0 Å². The highest BCUT2D eigenvalue weighted by Crippen LogP contribution is 2.46. The van der Waals surface area contributed by atoms with Gasteiger partial charge >= 0.3 is 5.97 Å². The monoisotopic (exact) mass is 419 g/mol. The van der Waals surface area contributed by atoms with Gasteiger partial charge in [0.2, 0.25) is 0 Å². The van der Waals surface area contributed by atoms with Gasteiger partial charge in [0.1, 0.15) is 5.75 Å². The van der Waals surface area contributed by atoms with Crippen LogP contribution in [0.2, 0.25) is 0 Å². The molecule has 0 amide bonds. The third-order valence-electron chi connectivity index (χ3n) is 5.55. The van der Waals surface area contributed by atoms with Gasteiger partial charge in [-0.1, -0.05) is 43.0 Å². The first-order chi connectivity index (χ1) is 13.4. The Morgan fingerprint density at radius 2 is 2.14 bits per heavy atom. The zero-order valence-corrected chi connectivity index (χ0v) is 17.5. The van der Waals surface area contributed by atoms with E-state index in [0.29, 0.717) is 18.2 Å². The number of nitrogens with zero attached hydrogens (tertiary/aromatic N) is 1. The lowest BCUT2D eigenvalue weighted by molar-refractivity contribution is -0.137. The molecule has 1 fully saturated rings. The Bertz CT molecular complexity index is 797. The van der Waals surface area contributed by atoms with Crippen LogP contribution in [0.1, 0.15) is 24.8 Å². The molecule has 0 saturated carbocycles. The minimum absolute atomic E-state index is 0.0661. The van der Waals surface area contributed by atoms with Crippen molar-refractivity contribution in [2.75, 3.05) is 32.0 Å². The molecule has 1 aromatic carbocycles. The molecule has 4 nitrogen and oxygen atoms in total. The number of carboxylic acid groups (broad SMARTS) is 1. The molecule has 1 saturated heterocycles. The van der Waals surface area contributed by atoms with Crippen LogP contribution < -0.4 is 4.74 Å². The maximum atomic E-state index is 10.8. The minimum Gasteiger partial charge on any atom is -0.492 e. The molecule has 1 N–H and O–H groups in total. The van der Waals surface area contributed by atoms with E-state index in [-0.39, 0.29) is 11.8 Å². The molecular weight excluding hydrogens is 394 g/mol. The molecule has 1 aromatic rings. The quantitative estimate of drug-likeness (QED) is 0.482. The van der Waals surface area contributed by atoms with Crippen LogP contribution in [0.15, 0.2) is 59.0 Å². The van der Waals surface area contributed by atoms with Crippen LogP contribution >= 0.6 is 23.4 Å². The van der Waals surface area contributed by atoms with Gasteiger partial charge in [-0.3, -0.25) is 4.79 Å². The van der Waals surface area contributed by atoms with Gasteiger partial charge in [0.25, 0.3) is 0 Å². The highest BCUT2D eigenvalue weighted by molar-refractivity contribution is 7.99. The normalized spacial score (nSPS) is 18.5. The fourth-order valence-electron chi connectivity index (χ4n) is 3.84. The SMILES string of the molecule is C=C/C=C(/CSc1ccc2c(c1)OCC21CCN(CCC(=O)O)CC1)C(=C)Cl. The smallest absolute Gasteiger partial charge is 0.304 e. The van der Waals surface area contributed by atoms with Crippen molar-refractivity contribution in [2.45, 2.75) is 29.6 Å². The molecule has 2 aliphatic heterocycles. The minimum atomic E-state index is -0.733. The maximum Gasteiger partial charge on any atom is 0.304 e. The highest BCUT2D eigenvalue weighted by atomic mass is 35.5. The van der Waals surface area contributed by atoms with E-state index in [1.165, 1.54) is 5.56 Å². The van der Waals surface area contributed by atoms with Crippen molar-refractivity contribution in [3.8, 4) is 5.75 Å². The summed E-state index contributed by atoms with van der Waals surface area (Å²) in [6.45, 7) is 10.7. The van der Waals surface area contributed by atoms with E-state index in [1.807, 2.05) is 6.08 Å². The molecular formula is C22H26ClNO3S. The number of ether oxygens (including phenoxy) is 1. The lowest BCUT2D eigenvalue weighted by atomic mass is 9.74. The molecule has 0 aliphatic carbocycles. The summed E-state index contributed by atoms with van der Waals surface area (Å²) in [6, 6.07) is 6.47. The molecule has 0 radical (unpaired) electrons. The van der Waals surface area contributed by atoms with Crippen molar-refractivity contribution in [1.29, 1.82) is 0 Å². The fraction of sp³-hybridized carbons (Fsp3) is 0.409. The fourth-order valence-corrected chi connectivity index (χ4v) is 4.99. The van der Waals surface area contributed by atoms with Crippen LogP contribution in [0, 0.1) is 0 Å². The van der Waals surface area contributed by atoms with Crippen LogP contribution in [0.3, 0.4) is 0 Å². The Kier molecular flexibility index (Phi) is 6.91. The number of hydrogen-bond donors (Lipinski definition) is 1. The molecule has 0 aromatic heterocycles. The van der Waals surface area contributed by atoms with Gasteiger partial charge in [0.05, 0.1) is 13.0 Å². The van der Waals surface area contributed by atoms with Crippen LogP contribution in [-0.2, 0) is 10.2 Å². The number of thioether (sulfide) groups is 1. The van der Waals surface area contributed by atoms with Gasteiger partial charge in [-0.25, -0.2) is 0 Å². The van der Waals surface area contributed by atoms with Crippen molar-refractivity contribution < 1.29 is 14.6 Å². The maximum absolute atomic E-state index is 10.8. The number of likely N-dealkylation sites (tertiary alicyclic amines) is 1. The van der Waals surface area contributed by atoms with Crippen molar-refractivity contribution in [2.24, 2.45) is 0 Å². The van der Waals surface area contributed by atoms with E-state index in [4.69, 9.17) is 21.4 Å². The van der Waals surface area contributed by atoms with Crippen molar-refractivity contribution >= 4 is 29.3 Å². The number of allylic oxidation sites excluding steroid dienone is 3. The Labute approximate surface area is 175 Å². The van der Waals surface area contributed by atoms with E-state index in [9.17, 15) is 4.79 Å². The van der Waals surface area contributed by atoms with Gasteiger partial charge in [-0.05, 0) is 43.6 Å². The van der Waals surface area contributed by atoms with E-state index < -0.39 is 5.97 Å². The predicted octanol–water partition coefficient (Wildman–Crippen LogP) is 4.84. The highest BCUT2D eigenvalue weighted by Gasteiger charge is 2.43. The van der Waals surface area contributed by atoms with Crippen molar-refractivity contribution in [3.05, 3.63) is 59.7 Å². The third-order valence-corrected chi connectivity index (χ3v) is 6.83. The molecule has 150 valence electrons. The first kappa shape index (κ1) is 21.0. The van der Waals surface area contributed by atoms with E-state index in [1.54, 1.807) is 17.8 Å². The lowest BCUT2D eigenvalue weighted by Gasteiger charge is -2.38. The molecule has 2 heterocycles. The van der Waals surface area contributed by atoms with Gasteiger partial charge in [-0.15, -0.1) is 11.8 Å². The number of fused-ring (bicyclic) bond motifs is 2. The average Bonchev–Trinajstić information content (AvgIpc) is 3.02. The summed E-state index contributed by atoms with van der Waals surface area (Å²) in [4.78, 5) is 14.2. The van der Waals surface area contributed by atoms with E-state index in [0.717, 1.165) is 47.9 Å². The molecule has 28 heavy (non-hydrogen) atoms. The molecule has 2 aliphatic rings. The summed E-state index contributed by atoms with van der Waals surface area (Å²) in [5.74, 6) is 0.975. The van der Waals surface area contributed by atoms with Crippen molar-refractivity contribution in [1.82, 2.24) is 4.90 Å². The Morgan fingerprint density at radius 3 is 2.79 bits per heavy atom. The van der Waals surface area contributed by atoms with Crippen LogP contribution in [-0.4, -0.2) is 48.0 Å². The molecule has 0 bridgehead atoms. The molecule has 3 rings (SSSR count). The van der Waals surface area contributed by atoms with Crippen LogP contribution in [0.4, 0.5) is 0 Å². The molecule has 0 atom stereocenters. The summed E-state index contributed by atoms with van der Waals surface area (Å²) in [7, 11) is 0. The molecule has 1 spiro atoms. The third kappa shape index (κ3) is 4.83. The zero-order chi connectivity index (χ0) is 20.1. The average molecular weight is 420 g/mol. The second-order valence-electron chi connectivity index (χ2n) is 7.33. The number of carboxylic acids is 1. The topological polar surface area (TPSA) is 49.8 Å². The summed E-state index contributed by atoms with van der Waals surface area (Å²) in [6.07, 6.45) is 5.83. The summed E-state index contributed by atoms with van der Waals surface area (Å²) >= 11 is 7.75. The largest absolute Gasteiger partial charge is 0.492 e. The lowest BCUT2D eigenvalue weighted by Crippen LogP contribution is -2.44. The number of rotatable bonds is 8. The molecule has 6 heteroatoms. The van der Waals surface area contributed by atoms with Crippen LogP contribution in [0.25, 0.3) is 0 Å². The predicted molar refractivity (Wildman–Crippen MR) is 116 cm³/mol. The summed E-state index contributed by atoms with van der Waals surface area (Å²) < 4.78 is 6.07. The standard InChI is InChI=1S/C22H26ClNO3S/c1-3-4-17(16(2)23)14-28-18-5-6-19-20(13-18)27-15-22(19)8-11-24(12-9-22)10-7-21(25)26/h3-6,13H,1-2,7-12,14-15H2,(H,25,26)/b17-4-. The Morgan fingerprint density at radius 1 is 1.39 bits per heavy atom. The summed E-state index contributed by atoms with van der Waals surface area (Å²) in [5, 5.41) is 9.41. The number of halogens is 1. The van der Waals surface area contributed by atoms with Crippen LogP contribution in [0.5, 0.6) is 5.75 Å². The van der Waals surface area contributed by atoms with Gasteiger partial charge < -0.3 is 14.7 Å². The number of piperidine rings is 1. The number of hydrogen-bond acceptors (Lipinski definition) is 4. The Hall–Kier alpha value is -1.69. The van der Waals surface area contributed by atoms with E-state index in [2.05, 4.69) is 36.3 Å². The van der Waals surface area contributed by atoms with Gasteiger partial charge in [-0.2, -0.15) is 0 Å². The number of aliphatic carboxylic acids is 1. The second-order valence-corrected chi connectivity index (χ2v) is 8.84. The first-order valence-electron chi connectivity index (χ1n) is 9.44. The molecule has 0 unspecified atom stereocenters. The summed E-state index contributed by atoms with van der Waals surface area (Å²) in [5.41, 5.74) is 2.32. The Balaban J connectivity index is 1.63. The number of carbonyl (C=O) groups is 1. The van der Waals surface area contributed by atoms with Gasteiger partial charge in [0, 0.05) is 33.2 Å². The first-order valence-corrected chi connectivity index (χ1v) is 10.8. The zero-order valence-electron chi connectivity index (χ0n) is 16.0. The number of benzene rings is 1. The van der Waals surface area contributed by atoms with Gasteiger partial charge in [0.15, 0.2) is 0 Å². The second kappa shape index (κ2) is 9.21.